The first-order valence-corrected chi connectivity index (χ1v) is 12.3. The summed E-state index contributed by atoms with van der Waals surface area (Å²) in [4.78, 5) is 48.7. The Balaban J connectivity index is 1.58. The number of hydrogen-bond donors (Lipinski definition) is 3. The van der Waals surface area contributed by atoms with Crippen LogP contribution in [0.1, 0.15) is 40.7 Å². The lowest BCUT2D eigenvalue weighted by molar-refractivity contribution is -0.130. The molecule has 10 nitrogen and oxygen atoms in total. The fraction of sp³-hybridized carbons (Fsp3) is 0.259. The Bertz CT molecular complexity index is 1630. The number of aromatic amines is 1. The van der Waals surface area contributed by atoms with Gasteiger partial charge in [0.25, 0.3) is 5.56 Å². The summed E-state index contributed by atoms with van der Waals surface area (Å²) in [5, 5.41) is 3.21. The number of fused-ring (bicyclic) bond motifs is 2. The minimum absolute atomic E-state index is 0.0323. The molecule has 2 aliphatic heterocycles. The largest absolute Gasteiger partial charge is 0.496 e. The molecule has 11 heteroatoms. The molecule has 3 unspecified atom stereocenters. The highest BCUT2D eigenvalue weighted by Gasteiger charge is 2.63. The molecule has 0 amide bonds. The van der Waals surface area contributed by atoms with Gasteiger partial charge in [-0.05, 0) is 12.0 Å². The van der Waals surface area contributed by atoms with Crippen LogP contribution in [0.4, 0.5) is 11.8 Å². The van der Waals surface area contributed by atoms with Gasteiger partial charge >= 0.3 is 0 Å². The maximum absolute atomic E-state index is 14.6. The third kappa shape index (κ3) is 3.06. The molecular weight excluding hydrogens is 512 g/mol. The molecule has 3 aliphatic rings. The number of Topliss-reactive ketones (excluding diaryl/α,β-unsaturated/α-hetero) is 2. The molecule has 0 saturated carbocycles. The van der Waals surface area contributed by atoms with Crippen molar-refractivity contribution in [3.63, 3.8) is 0 Å². The smallest absolute Gasteiger partial charge is 0.258 e. The van der Waals surface area contributed by atoms with Crippen molar-refractivity contribution < 1.29 is 23.8 Å². The van der Waals surface area contributed by atoms with Gasteiger partial charge in [0.2, 0.25) is 23.1 Å². The molecule has 1 spiro atoms. The van der Waals surface area contributed by atoms with Crippen LogP contribution in [0.3, 0.4) is 0 Å². The van der Waals surface area contributed by atoms with E-state index < -0.39 is 34.6 Å². The summed E-state index contributed by atoms with van der Waals surface area (Å²) in [6.07, 6.45) is 0.259. The van der Waals surface area contributed by atoms with E-state index >= 15 is 0 Å². The number of H-pyrrole nitrogens is 1. The summed E-state index contributed by atoms with van der Waals surface area (Å²) in [5.74, 6) is -1.86. The van der Waals surface area contributed by atoms with Crippen molar-refractivity contribution in [3.8, 4) is 17.2 Å². The molecule has 194 valence electrons. The molecule has 1 aromatic heterocycles. The van der Waals surface area contributed by atoms with Crippen molar-refractivity contribution in [2.45, 2.75) is 24.9 Å². The highest BCUT2D eigenvalue weighted by molar-refractivity contribution is 6.36. The summed E-state index contributed by atoms with van der Waals surface area (Å²) < 4.78 is 17.1. The molecule has 4 N–H and O–H groups in total. The van der Waals surface area contributed by atoms with E-state index in [1.54, 1.807) is 6.92 Å². The maximum atomic E-state index is 14.6. The van der Waals surface area contributed by atoms with Crippen LogP contribution in [-0.4, -0.2) is 41.4 Å². The number of hydrogen-bond acceptors (Lipinski definition) is 9. The van der Waals surface area contributed by atoms with Gasteiger partial charge in [0.15, 0.2) is 5.75 Å². The minimum Gasteiger partial charge on any atom is -0.496 e. The topological polar surface area (TPSA) is 146 Å². The van der Waals surface area contributed by atoms with Crippen molar-refractivity contribution in [2.75, 3.05) is 25.3 Å². The van der Waals surface area contributed by atoms with Gasteiger partial charge in [-0.1, -0.05) is 48.9 Å². The Labute approximate surface area is 221 Å². The monoisotopic (exact) mass is 534 g/mol. The Morgan fingerprint density at radius 2 is 1.82 bits per heavy atom. The van der Waals surface area contributed by atoms with Gasteiger partial charge < -0.3 is 25.3 Å². The third-order valence-electron chi connectivity index (χ3n) is 7.48. The maximum Gasteiger partial charge on any atom is 0.258 e. The second kappa shape index (κ2) is 8.35. The second-order valence-corrected chi connectivity index (χ2v) is 9.85. The number of nitrogens with two attached hydrogens (primary N) is 1. The fourth-order valence-electron chi connectivity index (χ4n) is 5.75. The second-order valence-electron chi connectivity index (χ2n) is 9.47. The van der Waals surface area contributed by atoms with E-state index in [4.69, 9.17) is 31.5 Å². The van der Waals surface area contributed by atoms with Crippen LogP contribution in [0.25, 0.3) is 0 Å². The van der Waals surface area contributed by atoms with Crippen LogP contribution in [0.2, 0.25) is 5.02 Å². The molecule has 0 saturated heterocycles. The molecule has 3 aromatic rings. The summed E-state index contributed by atoms with van der Waals surface area (Å²) in [7, 11) is 2.84. The van der Waals surface area contributed by atoms with E-state index in [9.17, 15) is 14.4 Å². The Hall–Kier alpha value is -4.31. The van der Waals surface area contributed by atoms with Crippen molar-refractivity contribution in [1.29, 1.82) is 0 Å². The SMILES string of the molecule is COc1cc(OC)c2c(c1Cl)OC1(C(=O)C3=C(CC1C)Nc1nc(N)[nH]c(=O)c1C3c1ccccc1)C2=O. The molecule has 0 fully saturated rings. The number of ether oxygens (including phenoxy) is 3. The number of carbonyl (C=O) groups is 2. The Kier molecular flexibility index (Phi) is 5.29. The van der Waals surface area contributed by atoms with E-state index in [-0.39, 0.29) is 57.2 Å². The van der Waals surface area contributed by atoms with Crippen LogP contribution >= 0.6 is 11.6 Å². The number of anilines is 2. The predicted octanol–water partition coefficient (Wildman–Crippen LogP) is 3.46. The van der Waals surface area contributed by atoms with Gasteiger partial charge in [-0.3, -0.25) is 19.4 Å². The van der Waals surface area contributed by atoms with Crippen molar-refractivity contribution >= 4 is 34.9 Å². The average Bonchev–Trinajstić information content (AvgIpc) is 3.22. The molecule has 0 bridgehead atoms. The van der Waals surface area contributed by atoms with Crippen LogP contribution in [-0.2, 0) is 4.79 Å². The summed E-state index contributed by atoms with van der Waals surface area (Å²) in [6.45, 7) is 1.76. The quantitative estimate of drug-likeness (QED) is 0.430. The molecule has 0 radical (unpaired) electrons. The molecule has 38 heavy (non-hydrogen) atoms. The van der Waals surface area contributed by atoms with Gasteiger partial charge in [-0.25, -0.2) is 0 Å². The fourth-order valence-corrected chi connectivity index (χ4v) is 6.01. The van der Waals surface area contributed by atoms with Gasteiger partial charge in [0.1, 0.15) is 27.9 Å². The Morgan fingerprint density at radius 1 is 1.11 bits per heavy atom. The molecular formula is C27H23ClN4O6. The number of allylic oxidation sites excluding steroid dienone is 1. The zero-order chi connectivity index (χ0) is 26.9. The zero-order valence-corrected chi connectivity index (χ0v) is 21.4. The number of carbonyl (C=O) groups excluding carboxylic acids is 2. The highest BCUT2D eigenvalue weighted by atomic mass is 35.5. The lowest BCUT2D eigenvalue weighted by Gasteiger charge is -2.42. The standard InChI is InChI=1S/C27H23ClN4O6/c1-11-9-13-17(16(12-7-5-4-6-8-12)19-24(30-13)31-26(29)32-25(19)35)22(33)27(11)23(34)18-14(36-2)10-15(37-3)20(28)21(18)38-27/h4-8,10-11,16H,9H2,1-3H3,(H4,29,30,31,32,35). The van der Waals surface area contributed by atoms with Gasteiger partial charge in [-0.15, -0.1) is 0 Å². The van der Waals surface area contributed by atoms with E-state index in [0.717, 1.165) is 0 Å². The summed E-state index contributed by atoms with van der Waals surface area (Å²) in [6, 6.07) is 10.6. The molecule has 6 rings (SSSR count). The first kappa shape index (κ1) is 24.1. The number of benzene rings is 2. The lowest BCUT2D eigenvalue weighted by Crippen LogP contribution is -2.58. The van der Waals surface area contributed by atoms with Crippen LogP contribution in [0, 0.1) is 5.92 Å². The number of nitrogens with zero attached hydrogens (tertiary/aromatic N) is 1. The van der Waals surface area contributed by atoms with E-state index in [2.05, 4.69) is 15.3 Å². The number of rotatable bonds is 3. The van der Waals surface area contributed by atoms with Crippen molar-refractivity contribution in [1.82, 2.24) is 9.97 Å². The molecule has 3 atom stereocenters. The average molecular weight is 535 g/mol. The third-order valence-corrected chi connectivity index (χ3v) is 7.84. The first-order valence-electron chi connectivity index (χ1n) is 11.9. The van der Waals surface area contributed by atoms with Gasteiger partial charge in [-0.2, -0.15) is 4.98 Å². The number of methoxy groups -OCH3 is 2. The summed E-state index contributed by atoms with van der Waals surface area (Å²) >= 11 is 6.55. The molecule has 2 aromatic carbocycles. The minimum atomic E-state index is -1.91. The zero-order valence-electron chi connectivity index (χ0n) is 20.7. The van der Waals surface area contributed by atoms with Gasteiger partial charge in [0.05, 0.1) is 19.8 Å². The predicted molar refractivity (Wildman–Crippen MR) is 139 cm³/mol. The highest BCUT2D eigenvalue weighted by Crippen LogP contribution is 2.56. The van der Waals surface area contributed by atoms with Crippen molar-refractivity contribution in [2.24, 2.45) is 5.92 Å². The lowest BCUT2D eigenvalue weighted by atomic mass is 9.66. The van der Waals surface area contributed by atoms with Crippen LogP contribution in [0.5, 0.6) is 17.2 Å². The Morgan fingerprint density at radius 3 is 2.50 bits per heavy atom. The number of ketones is 2. The molecule has 1 aliphatic carbocycles. The molecule has 3 heterocycles. The van der Waals surface area contributed by atoms with E-state index in [1.807, 2.05) is 30.3 Å². The van der Waals surface area contributed by atoms with Gasteiger partial charge in [0, 0.05) is 29.2 Å². The van der Waals surface area contributed by atoms with Crippen LogP contribution in [0.15, 0.2) is 52.5 Å². The van der Waals surface area contributed by atoms with E-state index in [1.165, 1.54) is 20.3 Å². The normalized spacial score (nSPS) is 23.4. The van der Waals surface area contributed by atoms with Crippen molar-refractivity contribution in [3.05, 3.63) is 79.7 Å². The summed E-state index contributed by atoms with van der Waals surface area (Å²) in [5.41, 5.74) is 5.21. The first-order chi connectivity index (χ1) is 18.2. The number of halogens is 1. The number of nitrogens with one attached hydrogen (secondary N) is 2. The van der Waals surface area contributed by atoms with E-state index in [0.29, 0.717) is 11.3 Å². The number of nitrogen functional groups attached to an aromatic ring is 1. The number of aromatic nitrogens is 2. The van der Waals surface area contributed by atoms with Crippen LogP contribution < -0.4 is 30.8 Å².